The van der Waals surface area contributed by atoms with Gasteiger partial charge in [0.05, 0.1) is 0 Å². The first-order valence-electron chi connectivity index (χ1n) is 0.600. The summed E-state index contributed by atoms with van der Waals surface area (Å²) in [6.45, 7) is 0. The molecule has 0 aliphatic rings. The molecule has 0 rings (SSSR count). The van der Waals surface area contributed by atoms with Crippen molar-refractivity contribution in [1.29, 1.82) is 0 Å². The molecule has 0 aromatic heterocycles. The van der Waals surface area contributed by atoms with Crippen molar-refractivity contribution in [3.8, 4) is 0 Å². The zero-order chi connectivity index (χ0) is 3.58. The molecule has 28 valence electrons. The molecule has 0 amide bonds. The van der Waals surface area contributed by atoms with E-state index in [1.807, 2.05) is 0 Å². The number of rotatable bonds is 0. The second-order valence-electron chi connectivity index (χ2n) is 0.268. The van der Waals surface area contributed by atoms with Crippen LogP contribution in [0.5, 0.6) is 0 Å². The second kappa shape index (κ2) is 5.25. The molecule has 3 N–H and O–H groups in total. The van der Waals surface area contributed by atoms with E-state index >= 15 is 0 Å². The zero-order valence-corrected chi connectivity index (χ0v) is 8.89. The summed E-state index contributed by atoms with van der Waals surface area (Å²) < 4.78 is 0. The van der Waals surface area contributed by atoms with E-state index in [0.29, 0.717) is 0 Å². The Morgan fingerprint density at radius 1 is 1.00 bits per heavy atom. The molecule has 0 aromatic rings. The normalized spacial score (nSPS) is 7.20. The molecule has 0 unspecified atom stereocenters. The molecule has 0 aliphatic heterocycles. The summed E-state index contributed by atoms with van der Waals surface area (Å²) in [7, 11) is -2.62. The van der Waals surface area contributed by atoms with Crippen molar-refractivity contribution < 1.29 is 42.3 Å². The Hall–Kier alpha value is 1.25. The van der Waals surface area contributed by atoms with E-state index in [0.717, 1.165) is 0 Å². The zero-order valence-electron chi connectivity index (χ0n) is 2.50. The molecule has 0 bridgehead atoms. The van der Waals surface area contributed by atoms with Gasteiger partial charge in [-0.1, -0.05) is 0 Å². The van der Waals surface area contributed by atoms with Crippen molar-refractivity contribution in [2.45, 2.75) is 0 Å². The number of hydrogen-bond donors (Lipinski definition) is 3. The van der Waals surface area contributed by atoms with Gasteiger partial charge in [0.2, 0.25) is 0 Å². The Labute approximate surface area is 51.1 Å². The van der Waals surface area contributed by atoms with E-state index < -0.39 is 8.60 Å². The fraction of sp³-hybridized carbons (Fsp3) is 0. The van der Waals surface area contributed by atoms with Crippen LogP contribution in [-0.2, 0) is 27.7 Å². The van der Waals surface area contributed by atoms with Crippen molar-refractivity contribution in [2.75, 3.05) is 0 Å². The Bertz CT molecular complexity index is 11.6. The monoisotopic (exact) mass is 284 g/mol. The van der Waals surface area contributed by atoms with E-state index in [4.69, 9.17) is 14.7 Å². The molecule has 3 nitrogen and oxygen atoms in total. The molecular weight excluding hydrogens is 280 g/mol. The summed E-state index contributed by atoms with van der Waals surface area (Å²) in [6.07, 6.45) is 0. The van der Waals surface area contributed by atoms with Crippen LogP contribution in [0.15, 0.2) is 0 Å². The van der Waals surface area contributed by atoms with Gasteiger partial charge >= 0.3 is 8.60 Å². The van der Waals surface area contributed by atoms with Gasteiger partial charge in [0.25, 0.3) is 0 Å². The third kappa shape index (κ3) is 35.6. The largest absolute Gasteiger partial charge is 0.328 e. The molecular formula is H3HgO3P. The minimum Gasteiger partial charge on any atom is -0.328 e. The Morgan fingerprint density at radius 2 is 1.00 bits per heavy atom. The fourth-order valence-electron chi connectivity index (χ4n) is 0. The van der Waals surface area contributed by atoms with Crippen LogP contribution in [0.3, 0.4) is 0 Å². The maximum atomic E-state index is 7.23. The average molecular weight is 283 g/mol. The van der Waals surface area contributed by atoms with Gasteiger partial charge in [-0.05, 0) is 0 Å². The molecule has 0 saturated heterocycles. The first-order valence-corrected chi connectivity index (χ1v) is 1.80. The van der Waals surface area contributed by atoms with Crippen LogP contribution in [0, 0.1) is 0 Å². The van der Waals surface area contributed by atoms with Gasteiger partial charge in [0, 0.05) is 27.7 Å². The van der Waals surface area contributed by atoms with Gasteiger partial charge in [0.15, 0.2) is 0 Å². The van der Waals surface area contributed by atoms with E-state index in [9.17, 15) is 0 Å². The van der Waals surface area contributed by atoms with Gasteiger partial charge in [-0.25, -0.2) is 0 Å². The van der Waals surface area contributed by atoms with Crippen molar-refractivity contribution in [3.63, 3.8) is 0 Å². The van der Waals surface area contributed by atoms with Crippen LogP contribution in [0.4, 0.5) is 0 Å². The van der Waals surface area contributed by atoms with Gasteiger partial charge in [-0.2, -0.15) is 0 Å². The second-order valence-corrected chi connectivity index (χ2v) is 0.805. The number of hydrogen-bond acceptors (Lipinski definition) is 3. The third-order valence-electron chi connectivity index (χ3n) is 0. The molecule has 0 spiro atoms. The van der Waals surface area contributed by atoms with Gasteiger partial charge in [-0.15, -0.1) is 0 Å². The van der Waals surface area contributed by atoms with E-state index in [-0.39, 0.29) is 27.7 Å². The topological polar surface area (TPSA) is 60.7 Å². The van der Waals surface area contributed by atoms with Gasteiger partial charge in [-0.3, -0.25) is 0 Å². The summed E-state index contributed by atoms with van der Waals surface area (Å²) in [5.74, 6) is 0. The summed E-state index contributed by atoms with van der Waals surface area (Å²) in [5.41, 5.74) is 0. The van der Waals surface area contributed by atoms with Crippen molar-refractivity contribution >= 4 is 8.60 Å². The van der Waals surface area contributed by atoms with E-state index in [1.54, 1.807) is 0 Å². The Balaban J connectivity index is 0. The maximum absolute atomic E-state index is 7.23. The summed E-state index contributed by atoms with van der Waals surface area (Å²) in [6, 6.07) is 0. The van der Waals surface area contributed by atoms with Crippen LogP contribution in [0.1, 0.15) is 0 Å². The molecule has 0 atom stereocenters. The Kier molecular flexibility index (Phi) is 10.0. The predicted molar refractivity (Wildman–Crippen MR) is 13.6 cm³/mol. The van der Waals surface area contributed by atoms with Gasteiger partial charge in [0.1, 0.15) is 0 Å². The molecule has 0 radical (unpaired) electrons. The molecule has 0 heterocycles. The van der Waals surface area contributed by atoms with Gasteiger partial charge < -0.3 is 14.7 Å². The first-order chi connectivity index (χ1) is 1.73. The molecule has 5 heteroatoms. The maximum Gasteiger partial charge on any atom is 0.324 e. The molecule has 0 aromatic carbocycles. The van der Waals surface area contributed by atoms with E-state index in [1.165, 1.54) is 0 Å². The Morgan fingerprint density at radius 3 is 1.00 bits per heavy atom. The SMILES string of the molecule is OP(O)O.[Hg]. The predicted octanol–water partition coefficient (Wildman–Crippen LogP) is -0.812. The van der Waals surface area contributed by atoms with Crippen LogP contribution < -0.4 is 0 Å². The molecule has 5 heavy (non-hydrogen) atoms. The third-order valence-corrected chi connectivity index (χ3v) is 0. The van der Waals surface area contributed by atoms with E-state index in [2.05, 4.69) is 0 Å². The minimum absolute atomic E-state index is 0. The minimum atomic E-state index is -2.62. The van der Waals surface area contributed by atoms with Crippen molar-refractivity contribution in [2.24, 2.45) is 0 Å². The summed E-state index contributed by atoms with van der Waals surface area (Å²) in [4.78, 5) is 21.7. The van der Waals surface area contributed by atoms with Crippen molar-refractivity contribution in [1.82, 2.24) is 0 Å². The summed E-state index contributed by atoms with van der Waals surface area (Å²) in [5, 5.41) is 0. The average Bonchev–Trinajstić information content (AvgIpc) is 0.811. The quantitative estimate of drug-likeness (QED) is 0.402. The fourth-order valence-corrected chi connectivity index (χ4v) is 0. The summed E-state index contributed by atoms with van der Waals surface area (Å²) >= 11 is 0. The smallest absolute Gasteiger partial charge is 0.324 e. The molecule has 0 saturated carbocycles. The molecule has 0 fully saturated rings. The van der Waals surface area contributed by atoms with Crippen LogP contribution in [-0.4, -0.2) is 14.7 Å². The standard InChI is InChI=1S/Hg.H3O3P/c;1-4(2)3/h;1-3H. The first kappa shape index (κ1) is 9.53. The van der Waals surface area contributed by atoms with Crippen LogP contribution in [0.25, 0.3) is 0 Å². The molecule has 0 aliphatic carbocycles. The van der Waals surface area contributed by atoms with Crippen LogP contribution in [0.2, 0.25) is 0 Å². The van der Waals surface area contributed by atoms with Crippen LogP contribution >= 0.6 is 8.60 Å². The van der Waals surface area contributed by atoms with Crippen molar-refractivity contribution in [3.05, 3.63) is 0 Å².